The van der Waals surface area contributed by atoms with E-state index in [1.807, 2.05) is 14.2 Å². The summed E-state index contributed by atoms with van der Waals surface area (Å²) >= 11 is 8.14. The van der Waals surface area contributed by atoms with Crippen LogP contribution in [0.25, 0.3) is 0 Å². The predicted octanol–water partition coefficient (Wildman–Crippen LogP) is 18.1. The third-order valence-electron chi connectivity index (χ3n) is 16.2. The zero-order valence-corrected chi connectivity index (χ0v) is 53.6. The smallest absolute Gasteiger partial charge is 0.127 e. The highest BCUT2D eigenvalue weighted by Crippen LogP contribution is 2.49. The number of methoxy groups -OCH3 is 6. The summed E-state index contributed by atoms with van der Waals surface area (Å²) in [5, 5.41) is -0.650. The molecular formula is C72H95ClO6. The zero-order valence-electron chi connectivity index (χ0n) is 52.9. The highest BCUT2D eigenvalue weighted by Gasteiger charge is 2.33. The number of rotatable bonds is 6. The third kappa shape index (κ3) is 13.0. The minimum absolute atomic E-state index is 0.166. The minimum atomic E-state index is -0.650. The lowest BCUT2D eigenvalue weighted by atomic mass is 9.79. The van der Waals surface area contributed by atoms with Crippen molar-refractivity contribution in [3.05, 3.63) is 173 Å². The fraction of sp³-hybridized carbons (Fsp3) is 0.500. The second-order valence-electron chi connectivity index (χ2n) is 28.6. The van der Waals surface area contributed by atoms with Crippen LogP contribution in [0.1, 0.15) is 230 Å². The Morgan fingerprint density at radius 3 is 0.532 bits per heavy atom. The molecule has 6 nitrogen and oxygen atoms in total. The first-order valence-corrected chi connectivity index (χ1v) is 28.9. The molecule has 0 aliphatic heterocycles. The molecule has 0 saturated heterocycles. The lowest BCUT2D eigenvalue weighted by molar-refractivity contribution is 0.394. The van der Waals surface area contributed by atoms with Gasteiger partial charge < -0.3 is 28.4 Å². The molecule has 0 radical (unpaired) electrons. The second kappa shape index (κ2) is 22.4. The van der Waals surface area contributed by atoms with Crippen LogP contribution in [-0.2, 0) is 64.6 Å². The Hall–Kier alpha value is -5.59. The van der Waals surface area contributed by atoms with Gasteiger partial charge in [-0.25, -0.2) is 0 Å². The van der Waals surface area contributed by atoms with Crippen molar-refractivity contribution in [1.82, 2.24) is 0 Å². The van der Waals surface area contributed by atoms with Crippen molar-refractivity contribution >= 4 is 11.6 Å². The van der Waals surface area contributed by atoms with E-state index in [1.54, 1.807) is 28.4 Å². The van der Waals surface area contributed by atoms with E-state index in [2.05, 4.69) is 197 Å². The first kappa shape index (κ1) is 61.0. The maximum atomic E-state index is 8.14. The van der Waals surface area contributed by atoms with E-state index in [1.165, 1.54) is 22.3 Å². The number of halogens is 1. The van der Waals surface area contributed by atoms with Gasteiger partial charge in [-0.1, -0.05) is 185 Å². The van der Waals surface area contributed by atoms with Crippen molar-refractivity contribution in [2.75, 3.05) is 42.7 Å². The normalized spacial score (nSPS) is 14.1. The Morgan fingerprint density at radius 2 is 0.392 bits per heavy atom. The van der Waals surface area contributed by atoms with E-state index in [0.717, 1.165) is 112 Å². The molecule has 0 spiro atoms. The van der Waals surface area contributed by atoms with Gasteiger partial charge in [-0.2, -0.15) is 0 Å². The Balaban J connectivity index is 1.68. The molecular weight excluding hydrogens is 996 g/mol. The van der Waals surface area contributed by atoms with E-state index in [4.69, 9.17) is 40.0 Å². The molecule has 7 rings (SSSR count). The quantitative estimate of drug-likeness (QED) is 0.155. The summed E-state index contributed by atoms with van der Waals surface area (Å²) in [5.74, 6) is 4.93. The van der Waals surface area contributed by atoms with E-state index in [9.17, 15) is 0 Å². The van der Waals surface area contributed by atoms with Crippen LogP contribution in [0.5, 0.6) is 34.5 Å². The van der Waals surface area contributed by atoms with Gasteiger partial charge in [0.2, 0.25) is 0 Å². The maximum Gasteiger partial charge on any atom is 0.127 e. The fourth-order valence-electron chi connectivity index (χ4n) is 11.5. The molecule has 0 heterocycles. The van der Waals surface area contributed by atoms with Crippen molar-refractivity contribution in [1.29, 1.82) is 0 Å². The molecule has 6 aromatic rings. The highest BCUT2D eigenvalue weighted by atomic mass is 35.5. The molecule has 426 valence electrons. The van der Waals surface area contributed by atoms with Gasteiger partial charge in [0.15, 0.2) is 0 Å². The predicted molar refractivity (Wildman–Crippen MR) is 332 cm³/mol. The summed E-state index contributed by atoms with van der Waals surface area (Å²) in [6.07, 6.45) is 2.83. The van der Waals surface area contributed by atoms with Gasteiger partial charge in [0.05, 0.1) is 48.0 Å². The van der Waals surface area contributed by atoms with Crippen molar-refractivity contribution in [2.24, 2.45) is 0 Å². The number of benzene rings is 6. The highest BCUT2D eigenvalue weighted by molar-refractivity contribution is 6.23. The Morgan fingerprint density at radius 1 is 0.253 bits per heavy atom. The number of ether oxygens (including phenoxy) is 6. The van der Waals surface area contributed by atoms with Gasteiger partial charge in [0, 0.05) is 43.2 Å². The molecule has 79 heavy (non-hydrogen) atoms. The number of fused-ring (bicyclic) bond motifs is 12. The molecule has 1 aliphatic carbocycles. The third-order valence-corrected chi connectivity index (χ3v) is 16.7. The van der Waals surface area contributed by atoms with Gasteiger partial charge in [0.1, 0.15) is 34.5 Å². The van der Waals surface area contributed by atoms with E-state index < -0.39 is 5.38 Å². The van der Waals surface area contributed by atoms with Crippen LogP contribution in [0.3, 0.4) is 0 Å². The van der Waals surface area contributed by atoms with Crippen LogP contribution in [0.15, 0.2) is 72.8 Å². The molecule has 0 amide bonds. The maximum absolute atomic E-state index is 8.14. The zero-order chi connectivity index (χ0) is 58.7. The van der Waals surface area contributed by atoms with E-state index in [0.29, 0.717) is 32.1 Å². The summed E-state index contributed by atoms with van der Waals surface area (Å²) < 4.78 is 39.8. The average Bonchev–Trinajstić information content (AvgIpc) is 3.34. The molecule has 7 heteroatoms. The molecule has 0 fully saturated rings. The fourth-order valence-corrected chi connectivity index (χ4v) is 11.8. The molecule has 0 saturated carbocycles. The molecule has 0 unspecified atom stereocenters. The summed E-state index contributed by atoms with van der Waals surface area (Å²) in [7, 11) is 10.8. The van der Waals surface area contributed by atoms with Crippen LogP contribution in [0, 0.1) is 0 Å². The van der Waals surface area contributed by atoms with Crippen molar-refractivity contribution < 1.29 is 28.4 Å². The van der Waals surface area contributed by atoms with Crippen molar-refractivity contribution in [3.8, 4) is 34.5 Å². The Labute approximate surface area is 482 Å². The number of alkyl halides is 1. The summed E-state index contributed by atoms with van der Waals surface area (Å²) in [6, 6.07) is 27.9. The van der Waals surface area contributed by atoms with Gasteiger partial charge in [-0.05, 0) is 134 Å². The topological polar surface area (TPSA) is 55.4 Å². The SMILES string of the molecule is COc1c2cc(C(C)(C)C)cc1Cc1cc(C(C)(C)C)cc(c1OC)Cc1cc(C(C)(C)C)cc(c1OC)C(Cl)c1cc(C(C)(C)C)cc(c1OC)Cc1cc(C(C)(C)C)cc(c1OC)Cc1cc(C(C)(C)C)cc(c1OC)C2. The van der Waals surface area contributed by atoms with Gasteiger partial charge in [0.25, 0.3) is 0 Å². The van der Waals surface area contributed by atoms with Crippen LogP contribution < -0.4 is 28.4 Å². The average molecular weight is 1090 g/mol. The monoisotopic (exact) mass is 1090 g/mol. The molecule has 6 aromatic carbocycles. The standard InChI is InChI=1S/C72H95ClO6/c1-67(2,3)52-30-42-25-43-31-53(68(4,5)6)33-45(62(43)75-20)27-47-35-55(70(10,11)12)37-49(64(47)77-22)29-51-39-57(72(16,17)18)41-59(66(51)79-24)60(73)58-40-56(71(13,14)15)38-50(65(58)78-23)28-48-36-54(69(7,8)9)34-46(63(48)76-21)26-44(32-52)61(42)74-19/h30-41,60H,25-29H2,1-24H3. The lowest BCUT2D eigenvalue weighted by Crippen LogP contribution is -2.17. The number of hydrogen-bond acceptors (Lipinski definition) is 6. The summed E-state index contributed by atoms with van der Waals surface area (Å²) in [5.41, 5.74) is 18.7. The van der Waals surface area contributed by atoms with Gasteiger partial charge in [-0.3, -0.25) is 0 Å². The van der Waals surface area contributed by atoms with E-state index >= 15 is 0 Å². The second-order valence-corrected chi connectivity index (χ2v) is 29.0. The molecule has 0 aromatic heterocycles. The van der Waals surface area contributed by atoms with Crippen LogP contribution in [0.4, 0.5) is 0 Å². The molecule has 0 N–H and O–H groups in total. The molecule has 0 atom stereocenters. The van der Waals surface area contributed by atoms with E-state index in [-0.39, 0.29) is 32.5 Å². The first-order chi connectivity index (χ1) is 36.5. The summed E-state index contributed by atoms with van der Waals surface area (Å²) in [4.78, 5) is 0. The van der Waals surface area contributed by atoms with Crippen LogP contribution in [-0.4, -0.2) is 42.7 Å². The van der Waals surface area contributed by atoms with Gasteiger partial charge in [-0.15, -0.1) is 11.6 Å². The number of hydrogen-bond donors (Lipinski definition) is 0. The lowest BCUT2D eigenvalue weighted by Gasteiger charge is -2.29. The first-order valence-electron chi connectivity index (χ1n) is 28.4. The van der Waals surface area contributed by atoms with Crippen LogP contribution >= 0.6 is 11.6 Å². The molecule has 1 aliphatic rings. The largest absolute Gasteiger partial charge is 0.496 e. The van der Waals surface area contributed by atoms with Crippen molar-refractivity contribution in [3.63, 3.8) is 0 Å². The minimum Gasteiger partial charge on any atom is -0.496 e. The van der Waals surface area contributed by atoms with Gasteiger partial charge >= 0.3 is 0 Å². The molecule has 12 bridgehead atoms. The van der Waals surface area contributed by atoms with Crippen molar-refractivity contribution in [2.45, 2.75) is 195 Å². The summed E-state index contributed by atoms with van der Waals surface area (Å²) in [6.45, 7) is 41.1. The Bertz CT molecular complexity index is 3010. The van der Waals surface area contributed by atoms with Crippen LogP contribution in [0.2, 0.25) is 0 Å². The Kier molecular flexibility index (Phi) is 17.3.